The summed E-state index contributed by atoms with van der Waals surface area (Å²) in [6.45, 7) is 7.93. The van der Waals surface area contributed by atoms with Crippen LogP contribution in [0.15, 0.2) is 10.7 Å². The van der Waals surface area contributed by atoms with Gasteiger partial charge in [0.15, 0.2) is 0 Å². The van der Waals surface area contributed by atoms with E-state index in [4.69, 9.17) is 9.15 Å². The number of hydrogen-bond donors (Lipinski definition) is 1. The molecule has 1 aromatic heterocycles. The van der Waals surface area contributed by atoms with Gasteiger partial charge in [-0.25, -0.2) is 0 Å². The highest BCUT2D eigenvalue weighted by Crippen LogP contribution is 2.12. The van der Waals surface area contributed by atoms with Crippen LogP contribution in [0.2, 0.25) is 0 Å². The Labute approximate surface area is 91.0 Å². The highest BCUT2D eigenvalue weighted by atomic mass is 16.6. The molecule has 0 radical (unpaired) electrons. The second kappa shape index (κ2) is 6.45. The van der Waals surface area contributed by atoms with Gasteiger partial charge in [0, 0.05) is 6.54 Å². The van der Waals surface area contributed by atoms with Gasteiger partial charge in [-0.2, -0.15) is 4.98 Å². The summed E-state index contributed by atoms with van der Waals surface area (Å²) in [4.78, 5) is 4.22. The molecule has 0 aliphatic rings. The van der Waals surface area contributed by atoms with Gasteiger partial charge in [-0.05, 0) is 26.3 Å². The largest absolute Gasteiger partial charge is 0.447 e. The number of ether oxygens (including phenoxy) is 1. The Kier molecular flexibility index (Phi) is 5.18. The van der Waals surface area contributed by atoms with Crippen LogP contribution in [0.1, 0.15) is 39.3 Å². The van der Waals surface area contributed by atoms with Crippen molar-refractivity contribution in [2.45, 2.75) is 46.3 Å². The summed E-state index contributed by atoms with van der Waals surface area (Å²) in [6, 6.07) is 0. The van der Waals surface area contributed by atoms with Gasteiger partial charge in [0.05, 0.1) is 5.69 Å². The van der Waals surface area contributed by atoms with Crippen molar-refractivity contribution in [2.75, 3.05) is 6.54 Å². The van der Waals surface area contributed by atoms with Gasteiger partial charge in [-0.3, -0.25) is 0 Å². The van der Waals surface area contributed by atoms with Crippen molar-refractivity contribution in [1.29, 1.82) is 0 Å². The maximum atomic E-state index is 5.44. The normalized spacial score (nSPS) is 12.7. The number of hydrogen-bond acceptors (Lipinski definition) is 4. The molecule has 1 aromatic rings. The SMILES string of the molecule is CCCNCc1coc(OC(C)CC)n1. The van der Waals surface area contributed by atoms with Gasteiger partial charge < -0.3 is 14.5 Å². The maximum Gasteiger partial charge on any atom is 0.393 e. The van der Waals surface area contributed by atoms with Crippen LogP contribution in [0.4, 0.5) is 0 Å². The fraction of sp³-hybridized carbons (Fsp3) is 0.727. The summed E-state index contributed by atoms with van der Waals surface area (Å²) in [7, 11) is 0. The maximum absolute atomic E-state index is 5.44. The minimum atomic E-state index is 0.153. The third-order valence-electron chi connectivity index (χ3n) is 2.14. The second-order valence-corrected chi connectivity index (χ2v) is 3.62. The van der Waals surface area contributed by atoms with Crippen LogP contribution in [0, 0.1) is 0 Å². The highest BCUT2D eigenvalue weighted by Gasteiger charge is 2.07. The lowest BCUT2D eigenvalue weighted by molar-refractivity contribution is 0.158. The first kappa shape index (κ1) is 12.0. The molecule has 0 aromatic carbocycles. The standard InChI is InChI=1S/C11H20N2O2/c1-4-6-12-7-10-8-14-11(13-10)15-9(3)5-2/h8-9,12H,4-7H2,1-3H3. The first-order valence-corrected chi connectivity index (χ1v) is 5.58. The molecule has 0 aliphatic carbocycles. The Morgan fingerprint density at radius 1 is 1.53 bits per heavy atom. The summed E-state index contributed by atoms with van der Waals surface area (Å²) >= 11 is 0. The zero-order valence-electron chi connectivity index (χ0n) is 9.75. The molecule has 0 saturated carbocycles. The van der Waals surface area contributed by atoms with Gasteiger partial charge >= 0.3 is 6.08 Å². The van der Waals surface area contributed by atoms with E-state index < -0.39 is 0 Å². The summed E-state index contributed by atoms with van der Waals surface area (Å²) < 4.78 is 10.6. The molecule has 0 amide bonds. The third-order valence-corrected chi connectivity index (χ3v) is 2.14. The number of oxazole rings is 1. The lowest BCUT2D eigenvalue weighted by Crippen LogP contribution is -2.14. The van der Waals surface area contributed by atoms with Gasteiger partial charge in [0.1, 0.15) is 12.4 Å². The molecule has 1 rings (SSSR count). The van der Waals surface area contributed by atoms with E-state index >= 15 is 0 Å². The fourth-order valence-corrected chi connectivity index (χ4v) is 1.07. The molecule has 1 unspecified atom stereocenters. The van der Waals surface area contributed by atoms with E-state index in [9.17, 15) is 0 Å². The smallest absolute Gasteiger partial charge is 0.393 e. The van der Waals surface area contributed by atoms with Crippen LogP contribution >= 0.6 is 0 Å². The van der Waals surface area contributed by atoms with E-state index in [-0.39, 0.29) is 6.10 Å². The molecular weight excluding hydrogens is 192 g/mol. The van der Waals surface area contributed by atoms with Crippen molar-refractivity contribution >= 4 is 0 Å². The molecular formula is C11H20N2O2. The van der Waals surface area contributed by atoms with Gasteiger partial charge in [0.25, 0.3) is 0 Å². The van der Waals surface area contributed by atoms with Crippen molar-refractivity contribution < 1.29 is 9.15 Å². The predicted molar refractivity (Wildman–Crippen MR) is 58.9 cm³/mol. The molecule has 0 fully saturated rings. The minimum absolute atomic E-state index is 0.153. The monoisotopic (exact) mass is 212 g/mol. The summed E-state index contributed by atoms with van der Waals surface area (Å²) in [5.74, 6) is 0. The van der Waals surface area contributed by atoms with Crippen molar-refractivity contribution in [3.05, 3.63) is 12.0 Å². The van der Waals surface area contributed by atoms with Crippen LogP contribution < -0.4 is 10.1 Å². The van der Waals surface area contributed by atoms with Gasteiger partial charge in [-0.1, -0.05) is 13.8 Å². The van der Waals surface area contributed by atoms with Crippen LogP contribution in [0.5, 0.6) is 6.08 Å². The first-order valence-electron chi connectivity index (χ1n) is 5.58. The molecule has 86 valence electrons. The predicted octanol–water partition coefficient (Wildman–Crippen LogP) is 2.35. The van der Waals surface area contributed by atoms with E-state index in [0.717, 1.165) is 31.6 Å². The van der Waals surface area contributed by atoms with E-state index in [2.05, 4.69) is 24.1 Å². The van der Waals surface area contributed by atoms with Crippen molar-refractivity contribution in [3.8, 4) is 6.08 Å². The van der Waals surface area contributed by atoms with Crippen LogP contribution in [0.3, 0.4) is 0 Å². The van der Waals surface area contributed by atoms with E-state index in [1.54, 1.807) is 6.26 Å². The average Bonchev–Trinajstić information content (AvgIpc) is 2.66. The highest BCUT2D eigenvalue weighted by molar-refractivity contribution is 4.99. The molecule has 1 heterocycles. The lowest BCUT2D eigenvalue weighted by Gasteiger charge is -2.06. The van der Waals surface area contributed by atoms with E-state index in [0.29, 0.717) is 6.08 Å². The van der Waals surface area contributed by atoms with Crippen molar-refractivity contribution in [2.24, 2.45) is 0 Å². The molecule has 4 heteroatoms. The zero-order chi connectivity index (χ0) is 11.1. The van der Waals surface area contributed by atoms with Gasteiger partial charge in [-0.15, -0.1) is 0 Å². The first-order chi connectivity index (χ1) is 7.26. The molecule has 0 saturated heterocycles. The Balaban J connectivity index is 2.35. The van der Waals surface area contributed by atoms with E-state index in [1.807, 2.05) is 6.92 Å². The number of rotatable bonds is 7. The minimum Gasteiger partial charge on any atom is -0.447 e. The molecule has 1 N–H and O–H groups in total. The fourth-order valence-electron chi connectivity index (χ4n) is 1.07. The molecule has 15 heavy (non-hydrogen) atoms. The van der Waals surface area contributed by atoms with Crippen LogP contribution in [-0.4, -0.2) is 17.6 Å². The molecule has 1 atom stereocenters. The third kappa shape index (κ3) is 4.34. The zero-order valence-corrected chi connectivity index (χ0v) is 9.75. The van der Waals surface area contributed by atoms with Crippen molar-refractivity contribution in [1.82, 2.24) is 10.3 Å². The van der Waals surface area contributed by atoms with Crippen LogP contribution in [0.25, 0.3) is 0 Å². The molecule has 0 spiro atoms. The second-order valence-electron chi connectivity index (χ2n) is 3.62. The summed E-state index contributed by atoms with van der Waals surface area (Å²) in [6.07, 6.45) is 4.23. The van der Waals surface area contributed by atoms with Crippen LogP contribution in [-0.2, 0) is 6.54 Å². The Morgan fingerprint density at radius 2 is 2.33 bits per heavy atom. The Hall–Kier alpha value is -1.03. The topological polar surface area (TPSA) is 47.3 Å². The molecule has 0 bridgehead atoms. The summed E-state index contributed by atoms with van der Waals surface area (Å²) in [5, 5.41) is 3.25. The molecule has 0 aliphatic heterocycles. The van der Waals surface area contributed by atoms with Gasteiger partial charge in [0.2, 0.25) is 0 Å². The quantitative estimate of drug-likeness (QED) is 0.705. The lowest BCUT2D eigenvalue weighted by atomic mass is 10.3. The van der Waals surface area contributed by atoms with E-state index in [1.165, 1.54) is 0 Å². The number of aromatic nitrogens is 1. The number of nitrogens with one attached hydrogen (secondary N) is 1. The summed E-state index contributed by atoms with van der Waals surface area (Å²) in [5.41, 5.74) is 0.891. The Morgan fingerprint density at radius 3 is 3.00 bits per heavy atom. The number of nitrogens with zero attached hydrogens (tertiary/aromatic N) is 1. The molecule has 4 nitrogen and oxygen atoms in total. The average molecular weight is 212 g/mol. The van der Waals surface area contributed by atoms with Crippen molar-refractivity contribution in [3.63, 3.8) is 0 Å². The Bertz CT molecular complexity index is 273.